The van der Waals surface area contributed by atoms with E-state index in [0.717, 1.165) is 63.0 Å². The third-order valence-electron chi connectivity index (χ3n) is 5.76. The molecule has 0 bridgehead atoms. The minimum Gasteiger partial charge on any atom is -0.469 e. The van der Waals surface area contributed by atoms with Gasteiger partial charge in [-0.2, -0.15) is 0 Å². The zero-order valence-corrected chi connectivity index (χ0v) is 17.5. The fraction of sp³-hybridized carbons (Fsp3) is 0.800. The Morgan fingerprint density at radius 3 is 2.93 bits per heavy atom. The molecular weight excluding hydrogens is 356 g/mol. The molecule has 2 unspecified atom stereocenters. The Balaban J connectivity index is 1.55. The minimum atomic E-state index is -0.127. The monoisotopic (exact) mass is 390 g/mol. The Bertz CT molecular complexity index is 686. The number of esters is 1. The second kappa shape index (κ2) is 9.89. The van der Waals surface area contributed by atoms with Gasteiger partial charge in [-0.1, -0.05) is 13.3 Å². The van der Waals surface area contributed by atoms with Crippen LogP contribution in [-0.4, -0.2) is 64.9 Å². The molecule has 28 heavy (non-hydrogen) atoms. The third kappa shape index (κ3) is 4.83. The van der Waals surface area contributed by atoms with Gasteiger partial charge in [0.2, 0.25) is 0 Å². The number of aliphatic imine (C=N–C) groups is 1. The first kappa shape index (κ1) is 20.6. The van der Waals surface area contributed by atoms with Gasteiger partial charge in [-0.15, -0.1) is 10.2 Å². The predicted molar refractivity (Wildman–Crippen MR) is 108 cm³/mol. The van der Waals surface area contributed by atoms with Gasteiger partial charge in [-0.25, -0.2) is 0 Å². The number of carbonyl (C=O) groups excluding carboxylic acids is 1. The molecule has 0 radical (unpaired) electrons. The number of nitrogens with one attached hydrogen (secondary N) is 1. The molecule has 0 aliphatic carbocycles. The zero-order chi connectivity index (χ0) is 19.9. The number of aromatic nitrogens is 3. The molecular formula is C20H34N6O2. The Labute approximate surface area is 167 Å². The van der Waals surface area contributed by atoms with Crippen LogP contribution in [0.4, 0.5) is 0 Å². The molecule has 0 spiro atoms. The van der Waals surface area contributed by atoms with Crippen molar-refractivity contribution in [3.63, 3.8) is 0 Å². The maximum Gasteiger partial charge on any atom is 0.310 e. The van der Waals surface area contributed by atoms with Crippen LogP contribution in [-0.2, 0) is 28.9 Å². The van der Waals surface area contributed by atoms with Gasteiger partial charge in [0, 0.05) is 45.6 Å². The molecule has 0 amide bonds. The number of fused-ring (bicyclic) bond motifs is 1. The largest absolute Gasteiger partial charge is 0.469 e. The predicted octanol–water partition coefficient (Wildman–Crippen LogP) is 1.64. The van der Waals surface area contributed by atoms with Crippen molar-refractivity contribution < 1.29 is 9.53 Å². The highest BCUT2D eigenvalue weighted by Crippen LogP contribution is 2.24. The molecule has 3 rings (SSSR count). The Morgan fingerprint density at radius 2 is 2.14 bits per heavy atom. The highest BCUT2D eigenvalue weighted by molar-refractivity contribution is 5.82. The first-order valence-electron chi connectivity index (χ1n) is 10.7. The number of hydrogen-bond donors (Lipinski definition) is 1. The highest BCUT2D eigenvalue weighted by atomic mass is 16.5. The van der Waals surface area contributed by atoms with Crippen molar-refractivity contribution in [2.24, 2.45) is 16.8 Å². The molecule has 156 valence electrons. The van der Waals surface area contributed by atoms with Gasteiger partial charge in [0.15, 0.2) is 5.96 Å². The molecule has 2 aliphatic rings. The fourth-order valence-electron chi connectivity index (χ4n) is 4.18. The zero-order valence-electron chi connectivity index (χ0n) is 17.5. The minimum absolute atomic E-state index is 0.0830. The fourth-order valence-corrected chi connectivity index (χ4v) is 4.18. The maximum atomic E-state index is 12.0. The molecule has 2 aliphatic heterocycles. The lowest BCUT2D eigenvalue weighted by molar-refractivity contribution is -0.145. The average Bonchev–Trinajstić information content (AvgIpc) is 3.18. The lowest BCUT2D eigenvalue weighted by Crippen LogP contribution is -2.40. The third-order valence-corrected chi connectivity index (χ3v) is 5.76. The molecule has 8 heteroatoms. The normalized spacial score (nSPS) is 22.7. The number of carbonyl (C=O) groups is 1. The number of likely N-dealkylation sites (tertiary alicyclic amines) is 1. The van der Waals surface area contributed by atoms with Crippen molar-refractivity contribution >= 4 is 11.9 Å². The van der Waals surface area contributed by atoms with Crippen LogP contribution in [0.2, 0.25) is 0 Å². The van der Waals surface area contributed by atoms with Crippen molar-refractivity contribution in [2.45, 2.75) is 58.9 Å². The van der Waals surface area contributed by atoms with E-state index >= 15 is 0 Å². The van der Waals surface area contributed by atoms with Gasteiger partial charge in [-0.3, -0.25) is 9.79 Å². The van der Waals surface area contributed by atoms with Crippen LogP contribution < -0.4 is 5.32 Å². The van der Waals surface area contributed by atoms with Crippen molar-refractivity contribution in [2.75, 3.05) is 33.3 Å². The van der Waals surface area contributed by atoms with Crippen LogP contribution in [0.5, 0.6) is 0 Å². The molecule has 8 nitrogen and oxygen atoms in total. The number of nitrogens with zero attached hydrogens (tertiary/aromatic N) is 5. The maximum absolute atomic E-state index is 12.0. The van der Waals surface area contributed by atoms with E-state index in [0.29, 0.717) is 6.54 Å². The molecule has 1 aromatic heterocycles. The summed E-state index contributed by atoms with van der Waals surface area (Å²) < 4.78 is 7.26. The lowest BCUT2D eigenvalue weighted by Gasteiger charge is -2.21. The Hall–Kier alpha value is -2.12. The second-order valence-electron chi connectivity index (χ2n) is 7.85. The molecule has 1 saturated heterocycles. The van der Waals surface area contributed by atoms with Crippen molar-refractivity contribution in [1.82, 2.24) is 25.0 Å². The number of rotatable bonds is 6. The van der Waals surface area contributed by atoms with Gasteiger partial charge >= 0.3 is 5.97 Å². The molecule has 2 atom stereocenters. The van der Waals surface area contributed by atoms with Gasteiger partial charge in [-0.05, 0) is 32.1 Å². The van der Waals surface area contributed by atoms with Crippen LogP contribution in [0.15, 0.2) is 4.99 Å². The van der Waals surface area contributed by atoms with Crippen molar-refractivity contribution in [3.8, 4) is 0 Å². The van der Waals surface area contributed by atoms with E-state index in [1.165, 1.54) is 26.4 Å². The van der Waals surface area contributed by atoms with Crippen LogP contribution >= 0.6 is 0 Å². The van der Waals surface area contributed by atoms with Crippen molar-refractivity contribution in [1.29, 1.82) is 0 Å². The number of hydrogen-bond acceptors (Lipinski definition) is 5. The Morgan fingerprint density at radius 1 is 1.29 bits per heavy atom. The summed E-state index contributed by atoms with van der Waals surface area (Å²) in [5.41, 5.74) is 0. The summed E-state index contributed by atoms with van der Waals surface area (Å²) >= 11 is 0. The molecule has 3 heterocycles. The molecule has 1 aromatic rings. The van der Waals surface area contributed by atoms with Crippen LogP contribution in [0, 0.1) is 11.8 Å². The average molecular weight is 391 g/mol. The summed E-state index contributed by atoms with van der Waals surface area (Å²) in [4.78, 5) is 18.9. The SMILES string of the molecule is CCNC(=NCCCc1nnc2n1CCCCC2)N1CC(C)C(C(=O)OC)C1. The van der Waals surface area contributed by atoms with E-state index in [4.69, 9.17) is 9.73 Å². The van der Waals surface area contributed by atoms with E-state index in [1.807, 2.05) is 0 Å². The topological polar surface area (TPSA) is 84.6 Å². The summed E-state index contributed by atoms with van der Waals surface area (Å²) in [6.45, 7) is 8.24. The van der Waals surface area contributed by atoms with Gasteiger partial charge < -0.3 is 19.5 Å². The van der Waals surface area contributed by atoms with Crippen molar-refractivity contribution in [3.05, 3.63) is 11.6 Å². The number of aryl methyl sites for hydroxylation is 2. The van der Waals surface area contributed by atoms with Gasteiger partial charge in [0.05, 0.1) is 13.0 Å². The smallest absolute Gasteiger partial charge is 0.310 e. The molecule has 0 aromatic carbocycles. The molecule has 1 fully saturated rings. The summed E-state index contributed by atoms with van der Waals surface area (Å²) in [6, 6.07) is 0. The van der Waals surface area contributed by atoms with Gasteiger partial charge in [0.1, 0.15) is 11.6 Å². The number of guanidine groups is 1. The van der Waals surface area contributed by atoms with E-state index in [1.54, 1.807) is 0 Å². The number of methoxy groups -OCH3 is 1. The van der Waals surface area contributed by atoms with Crippen LogP contribution in [0.25, 0.3) is 0 Å². The first-order valence-corrected chi connectivity index (χ1v) is 10.7. The standard InChI is InChI=1S/C20H34N6O2/c1-4-21-20(25-13-15(2)16(14-25)19(27)28-3)22-11-8-10-18-24-23-17-9-6-5-7-12-26(17)18/h15-16H,4-14H2,1-3H3,(H,21,22). The molecule has 0 saturated carbocycles. The summed E-state index contributed by atoms with van der Waals surface area (Å²) in [6.07, 6.45) is 6.60. The number of ether oxygens (including phenoxy) is 1. The summed E-state index contributed by atoms with van der Waals surface area (Å²) in [7, 11) is 1.46. The highest BCUT2D eigenvalue weighted by Gasteiger charge is 2.36. The Kier molecular flexibility index (Phi) is 7.28. The summed E-state index contributed by atoms with van der Waals surface area (Å²) in [5, 5.41) is 12.1. The van der Waals surface area contributed by atoms with Gasteiger partial charge in [0.25, 0.3) is 0 Å². The molecule has 1 N–H and O–H groups in total. The van der Waals surface area contributed by atoms with Crippen LogP contribution in [0.3, 0.4) is 0 Å². The van der Waals surface area contributed by atoms with E-state index in [-0.39, 0.29) is 17.8 Å². The van der Waals surface area contributed by atoms with Crippen LogP contribution in [0.1, 0.15) is 51.2 Å². The van der Waals surface area contributed by atoms with E-state index in [2.05, 4.69) is 38.8 Å². The summed E-state index contributed by atoms with van der Waals surface area (Å²) in [5.74, 6) is 3.18. The second-order valence-corrected chi connectivity index (χ2v) is 7.85. The van der Waals surface area contributed by atoms with E-state index < -0.39 is 0 Å². The first-order chi connectivity index (χ1) is 13.6. The quantitative estimate of drug-likeness (QED) is 0.344. The van der Waals surface area contributed by atoms with E-state index in [9.17, 15) is 4.79 Å². The lowest BCUT2D eigenvalue weighted by atomic mass is 9.99.